The number of aromatic nitrogens is 2. The molecular formula is C9H8N2O4. The minimum Gasteiger partial charge on any atom is -0.508 e. The Morgan fingerprint density at radius 1 is 1.53 bits per heavy atom. The van der Waals surface area contributed by atoms with E-state index in [2.05, 4.69) is 10.2 Å². The summed E-state index contributed by atoms with van der Waals surface area (Å²) in [7, 11) is 0. The number of fused-ring (bicyclic) bond motifs is 1. The molecule has 0 amide bonds. The number of nitrogens with one attached hydrogen (secondary N) is 1. The number of carbonyl (C=O) groups is 1. The van der Waals surface area contributed by atoms with E-state index >= 15 is 0 Å². The quantitative estimate of drug-likeness (QED) is 0.691. The highest BCUT2D eigenvalue weighted by Crippen LogP contribution is 2.25. The summed E-state index contributed by atoms with van der Waals surface area (Å²) in [6.45, 7) is -0.444. The second-order valence-corrected chi connectivity index (χ2v) is 2.94. The predicted molar refractivity (Wildman–Crippen MR) is 50.9 cm³/mol. The minimum atomic E-state index is -1.06. The van der Waals surface area contributed by atoms with Gasteiger partial charge in [0.1, 0.15) is 5.75 Å². The molecule has 0 fully saturated rings. The average molecular weight is 208 g/mol. The molecule has 0 spiro atoms. The zero-order valence-electron chi connectivity index (χ0n) is 7.60. The maximum absolute atomic E-state index is 10.3. The summed E-state index contributed by atoms with van der Waals surface area (Å²) in [5.41, 5.74) is 0.593. The molecule has 0 bridgehead atoms. The van der Waals surface area contributed by atoms with E-state index in [0.717, 1.165) is 0 Å². The van der Waals surface area contributed by atoms with Crippen LogP contribution in [-0.4, -0.2) is 33.0 Å². The number of carboxylic acid groups (broad SMARTS) is 1. The molecule has 0 unspecified atom stereocenters. The van der Waals surface area contributed by atoms with Gasteiger partial charge < -0.3 is 14.9 Å². The van der Waals surface area contributed by atoms with Crippen LogP contribution in [0.15, 0.2) is 18.2 Å². The molecule has 0 radical (unpaired) electrons. The van der Waals surface area contributed by atoms with Crippen molar-refractivity contribution in [1.82, 2.24) is 10.2 Å². The molecule has 0 aliphatic heterocycles. The highest BCUT2D eigenvalue weighted by atomic mass is 16.5. The number of rotatable bonds is 3. The number of ether oxygens (including phenoxy) is 1. The second kappa shape index (κ2) is 3.49. The van der Waals surface area contributed by atoms with Crippen LogP contribution in [0.4, 0.5) is 0 Å². The maximum Gasteiger partial charge on any atom is 0.341 e. The maximum atomic E-state index is 10.3. The number of aromatic hydroxyl groups is 1. The Hall–Kier alpha value is -2.24. The molecule has 0 aliphatic rings. The van der Waals surface area contributed by atoms with Crippen LogP contribution in [0.25, 0.3) is 10.9 Å². The van der Waals surface area contributed by atoms with Gasteiger partial charge in [-0.2, -0.15) is 0 Å². The Labute approximate surface area is 84.1 Å². The highest BCUT2D eigenvalue weighted by Gasteiger charge is 2.08. The second-order valence-electron chi connectivity index (χ2n) is 2.94. The molecule has 6 nitrogen and oxygen atoms in total. The number of hydrogen-bond donors (Lipinski definition) is 3. The number of carboxylic acids is 1. The zero-order chi connectivity index (χ0) is 10.8. The van der Waals surface area contributed by atoms with Crippen LogP contribution >= 0.6 is 0 Å². The van der Waals surface area contributed by atoms with E-state index in [1.54, 1.807) is 6.07 Å². The number of hydrogen-bond acceptors (Lipinski definition) is 4. The van der Waals surface area contributed by atoms with Gasteiger partial charge in [-0.25, -0.2) is 4.79 Å². The topological polar surface area (TPSA) is 95.4 Å². The molecule has 0 saturated heterocycles. The Kier molecular flexibility index (Phi) is 2.17. The van der Waals surface area contributed by atoms with E-state index in [1.807, 2.05) is 0 Å². The number of aliphatic carboxylic acids is 1. The molecule has 78 valence electrons. The first-order chi connectivity index (χ1) is 7.16. The van der Waals surface area contributed by atoms with Gasteiger partial charge in [0.2, 0.25) is 5.88 Å². The summed E-state index contributed by atoms with van der Waals surface area (Å²) >= 11 is 0. The highest BCUT2D eigenvalue weighted by molar-refractivity contribution is 5.85. The molecule has 1 aromatic heterocycles. The van der Waals surface area contributed by atoms with E-state index < -0.39 is 12.6 Å². The zero-order valence-corrected chi connectivity index (χ0v) is 7.60. The van der Waals surface area contributed by atoms with Crippen LogP contribution in [0.1, 0.15) is 0 Å². The molecule has 3 N–H and O–H groups in total. The number of H-pyrrole nitrogens is 1. The first-order valence-corrected chi connectivity index (χ1v) is 4.18. The van der Waals surface area contributed by atoms with Crippen molar-refractivity contribution in [2.24, 2.45) is 0 Å². The third-order valence-electron chi connectivity index (χ3n) is 1.84. The van der Waals surface area contributed by atoms with Gasteiger partial charge in [-0.3, -0.25) is 5.10 Å². The van der Waals surface area contributed by atoms with E-state index in [1.165, 1.54) is 12.1 Å². The molecule has 15 heavy (non-hydrogen) atoms. The van der Waals surface area contributed by atoms with Crippen LogP contribution < -0.4 is 4.74 Å². The fraction of sp³-hybridized carbons (Fsp3) is 0.111. The van der Waals surface area contributed by atoms with Gasteiger partial charge in [0.15, 0.2) is 6.61 Å². The summed E-state index contributed by atoms with van der Waals surface area (Å²) in [4.78, 5) is 10.3. The summed E-state index contributed by atoms with van der Waals surface area (Å²) in [5, 5.41) is 24.6. The molecule has 2 aromatic rings. The van der Waals surface area contributed by atoms with Crippen molar-refractivity contribution in [2.45, 2.75) is 0 Å². The molecule has 6 heteroatoms. The van der Waals surface area contributed by atoms with Crippen molar-refractivity contribution in [3.8, 4) is 11.6 Å². The molecule has 0 saturated carbocycles. The van der Waals surface area contributed by atoms with Crippen LogP contribution in [0, 0.1) is 0 Å². The largest absolute Gasteiger partial charge is 0.508 e. The van der Waals surface area contributed by atoms with Gasteiger partial charge in [-0.05, 0) is 12.1 Å². The van der Waals surface area contributed by atoms with Gasteiger partial charge in [-0.1, -0.05) is 0 Å². The molecule has 2 rings (SSSR count). The average Bonchev–Trinajstić information content (AvgIpc) is 2.57. The SMILES string of the molecule is O=C(O)COc1n[nH]c2cc(O)ccc12. The lowest BCUT2D eigenvalue weighted by Crippen LogP contribution is -2.09. The number of phenols is 1. The van der Waals surface area contributed by atoms with Crippen LogP contribution in [0.5, 0.6) is 11.6 Å². The first kappa shape index (κ1) is 9.32. The third-order valence-corrected chi connectivity index (χ3v) is 1.84. The number of nitrogens with zero attached hydrogens (tertiary/aromatic N) is 1. The number of benzene rings is 1. The smallest absolute Gasteiger partial charge is 0.341 e. The lowest BCUT2D eigenvalue weighted by molar-refractivity contribution is -0.139. The minimum absolute atomic E-state index is 0.107. The Morgan fingerprint density at radius 3 is 3.07 bits per heavy atom. The fourth-order valence-corrected chi connectivity index (χ4v) is 1.22. The Balaban J connectivity index is 2.32. The number of aromatic amines is 1. The van der Waals surface area contributed by atoms with Gasteiger partial charge in [0, 0.05) is 6.07 Å². The summed E-state index contributed by atoms with van der Waals surface area (Å²) in [5.74, 6) is -0.742. The molecule has 0 atom stereocenters. The van der Waals surface area contributed by atoms with Crippen LogP contribution in [0.3, 0.4) is 0 Å². The molecular weight excluding hydrogens is 200 g/mol. The van der Waals surface area contributed by atoms with E-state index in [-0.39, 0.29) is 11.6 Å². The molecule has 1 aromatic carbocycles. The Bertz CT molecular complexity index is 506. The lowest BCUT2D eigenvalue weighted by atomic mass is 10.2. The summed E-state index contributed by atoms with van der Waals surface area (Å²) in [6, 6.07) is 4.56. The van der Waals surface area contributed by atoms with E-state index in [0.29, 0.717) is 10.9 Å². The van der Waals surface area contributed by atoms with Crippen molar-refractivity contribution in [1.29, 1.82) is 0 Å². The Morgan fingerprint density at radius 2 is 2.33 bits per heavy atom. The summed E-state index contributed by atoms with van der Waals surface area (Å²) < 4.78 is 4.94. The van der Waals surface area contributed by atoms with Gasteiger partial charge in [-0.15, -0.1) is 5.10 Å². The first-order valence-electron chi connectivity index (χ1n) is 4.18. The predicted octanol–water partition coefficient (Wildman–Crippen LogP) is 0.732. The number of phenolic OH excluding ortho intramolecular Hbond substituents is 1. The van der Waals surface area contributed by atoms with E-state index in [9.17, 15) is 9.90 Å². The van der Waals surface area contributed by atoms with Crippen LogP contribution in [-0.2, 0) is 4.79 Å². The normalized spacial score (nSPS) is 10.4. The molecule has 0 aliphatic carbocycles. The lowest BCUT2D eigenvalue weighted by Gasteiger charge is -1.98. The van der Waals surface area contributed by atoms with Crippen molar-refractivity contribution < 1.29 is 19.7 Å². The van der Waals surface area contributed by atoms with E-state index in [4.69, 9.17) is 9.84 Å². The third kappa shape index (κ3) is 1.83. The van der Waals surface area contributed by atoms with Gasteiger partial charge >= 0.3 is 5.97 Å². The molecule has 1 heterocycles. The fourth-order valence-electron chi connectivity index (χ4n) is 1.22. The van der Waals surface area contributed by atoms with Crippen molar-refractivity contribution in [2.75, 3.05) is 6.61 Å². The van der Waals surface area contributed by atoms with Crippen molar-refractivity contribution in [3.05, 3.63) is 18.2 Å². The monoisotopic (exact) mass is 208 g/mol. The standard InChI is InChI=1S/C9H8N2O4/c12-5-1-2-6-7(3-5)10-11-9(6)15-4-8(13)14/h1-3,12H,4H2,(H,10,11)(H,13,14). The van der Waals surface area contributed by atoms with Crippen LogP contribution in [0.2, 0.25) is 0 Å². The van der Waals surface area contributed by atoms with Crippen molar-refractivity contribution in [3.63, 3.8) is 0 Å². The van der Waals surface area contributed by atoms with Crippen molar-refractivity contribution >= 4 is 16.9 Å². The van der Waals surface area contributed by atoms with Gasteiger partial charge in [0.25, 0.3) is 0 Å². The van der Waals surface area contributed by atoms with Gasteiger partial charge in [0.05, 0.1) is 10.9 Å². The summed E-state index contributed by atoms with van der Waals surface area (Å²) in [6.07, 6.45) is 0.